The van der Waals surface area contributed by atoms with Gasteiger partial charge in [-0.1, -0.05) is 24.3 Å². The molecule has 80 valence electrons. The van der Waals surface area contributed by atoms with Gasteiger partial charge in [0, 0.05) is 11.6 Å². The highest BCUT2D eigenvalue weighted by molar-refractivity contribution is 5.91. The van der Waals surface area contributed by atoms with Gasteiger partial charge in [-0.3, -0.25) is 4.79 Å². The van der Waals surface area contributed by atoms with Gasteiger partial charge in [0.05, 0.1) is 6.26 Å². The fourth-order valence-electron chi connectivity index (χ4n) is 1.47. The van der Waals surface area contributed by atoms with Gasteiger partial charge in [-0.2, -0.15) is 0 Å². The molecule has 16 heavy (non-hydrogen) atoms. The van der Waals surface area contributed by atoms with Crippen LogP contribution in [0, 0.1) is 0 Å². The lowest BCUT2D eigenvalue weighted by Crippen LogP contribution is -2.05. The molecule has 1 aromatic heterocycles. The van der Waals surface area contributed by atoms with Gasteiger partial charge in [-0.15, -0.1) is 0 Å². The Morgan fingerprint density at radius 1 is 1.19 bits per heavy atom. The monoisotopic (exact) mass is 213 g/mol. The number of benzene rings is 1. The highest BCUT2D eigenvalue weighted by atomic mass is 16.3. The zero-order valence-electron chi connectivity index (χ0n) is 8.59. The number of amides is 1. The van der Waals surface area contributed by atoms with Crippen LogP contribution in [0.15, 0.2) is 53.2 Å². The molecule has 3 heteroatoms. The SMILES string of the molecule is NC(=O)/C=C/c1ccccc1-c1ccco1. The van der Waals surface area contributed by atoms with E-state index < -0.39 is 5.91 Å². The standard InChI is InChI=1S/C13H11NO2/c14-13(15)8-7-10-4-1-2-5-11(10)12-6-3-9-16-12/h1-9H,(H2,14,15)/b8-7+. The minimum Gasteiger partial charge on any atom is -0.464 e. The third-order valence-corrected chi connectivity index (χ3v) is 2.17. The molecule has 2 aromatic rings. The number of nitrogens with two attached hydrogens (primary N) is 1. The number of furan rings is 1. The molecule has 2 N–H and O–H groups in total. The van der Waals surface area contributed by atoms with E-state index in [1.807, 2.05) is 36.4 Å². The van der Waals surface area contributed by atoms with E-state index in [0.29, 0.717) is 0 Å². The van der Waals surface area contributed by atoms with E-state index in [1.54, 1.807) is 12.3 Å². The second-order valence-electron chi connectivity index (χ2n) is 3.30. The van der Waals surface area contributed by atoms with E-state index in [2.05, 4.69) is 0 Å². The first-order valence-corrected chi connectivity index (χ1v) is 4.88. The third-order valence-electron chi connectivity index (χ3n) is 2.17. The van der Waals surface area contributed by atoms with Crippen molar-refractivity contribution in [2.75, 3.05) is 0 Å². The second kappa shape index (κ2) is 4.49. The van der Waals surface area contributed by atoms with Crippen LogP contribution in [0.1, 0.15) is 5.56 Å². The summed E-state index contributed by atoms with van der Waals surface area (Å²) in [5, 5.41) is 0. The van der Waals surface area contributed by atoms with Crippen LogP contribution in [0.3, 0.4) is 0 Å². The van der Waals surface area contributed by atoms with Gasteiger partial charge >= 0.3 is 0 Å². The summed E-state index contributed by atoms with van der Waals surface area (Å²) >= 11 is 0. The van der Waals surface area contributed by atoms with Crippen molar-refractivity contribution < 1.29 is 9.21 Å². The average molecular weight is 213 g/mol. The van der Waals surface area contributed by atoms with Crippen molar-refractivity contribution in [2.45, 2.75) is 0 Å². The summed E-state index contributed by atoms with van der Waals surface area (Å²) in [6, 6.07) is 11.3. The Kier molecular flexibility index (Phi) is 2.87. The Labute approximate surface area is 93.2 Å². The van der Waals surface area contributed by atoms with Crippen LogP contribution in [0.2, 0.25) is 0 Å². The lowest BCUT2D eigenvalue weighted by Gasteiger charge is -2.01. The Hall–Kier alpha value is -2.29. The summed E-state index contributed by atoms with van der Waals surface area (Å²) in [5.74, 6) is 0.305. The molecule has 1 amide bonds. The zero-order chi connectivity index (χ0) is 11.4. The molecule has 2 rings (SSSR count). The van der Waals surface area contributed by atoms with Gasteiger partial charge in [0.15, 0.2) is 0 Å². The summed E-state index contributed by atoms with van der Waals surface area (Å²) < 4.78 is 5.32. The first-order chi connectivity index (χ1) is 7.77. The van der Waals surface area contributed by atoms with Crippen molar-refractivity contribution in [3.8, 4) is 11.3 Å². The highest BCUT2D eigenvalue weighted by Crippen LogP contribution is 2.24. The van der Waals surface area contributed by atoms with E-state index in [9.17, 15) is 4.79 Å². The topological polar surface area (TPSA) is 56.2 Å². The lowest BCUT2D eigenvalue weighted by molar-refractivity contribution is -0.113. The van der Waals surface area contributed by atoms with Gasteiger partial charge in [-0.25, -0.2) is 0 Å². The minimum atomic E-state index is -0.464. The van der Waals surface area contributed by atoms with Gasteiger partial charge in [0.1, 0.15) is 5.76 Å². The van der Waals surface area contributed by atoms with Crippen molar-refractivity contribution in [1.82, 2.24) is 0 Å². The molecule has 0 unspecified atom stereocenters. The van der Waals surface area contributed by atoms with Crippen molar-refractivity contribution in [3.63, 3.8) is 0 Å². The zero-order valence-corrected chi connectivity index (χ0v) is 8.59. The van der Waals surface area contributed by atoms with Crippen molar-refractivity contribution in [3.05, 3.63) is 54.3 Å². The van der Waals surface area contributed by atoms with E-state index in [4.69, 9.17) is 10.2 Å². The van der Waals surface area contributed by atoms with Crippen LogP contribution in [0.25, 0.3) is 17.4 Å². The van der Waals surface area contributed by atoms with Crippen molar-refractivity contribution in [2.24, 2.45) is 5.73 Å². The van der Waals surface area contributed by atoms with Crippen LogP contribution >= 0.6 is 0 Å². The maximum Gasteiger partial charge on any atom is 0.241 e. The van der Waals surface area contributed by atoms with Crippen molar-refractivity contribution >= 4 is 12.0 Å². The molecule has 0 bridgehead atoms. The lowest BCUT2D eigenvalue weighted by atomic mass is 10.0. The fraction of sp³-hybridized carbons (Fsp3) is 0. The van der Waals surface area contributed by atoms with Crippen LogP contribution in [-0.4, -0.2) is 5.91 Å². The number of carbonyl (C=O) groups is 1. The summed E-state index contributed by atoms with van der Waals surface area (Å²) in [4.78, 5) is 10.7. The molecule has 1 aromatic carbocycles. The third kappa shape index (κ3) is 2.20. The predicted octanol–water partition coefficient (Wildman–Crippen LogP) is 2.45. The van der Waals surface area contributed by atoms with E-state index in [1.165, 1.54) is 6.08 Å². The second-order valence-corrected chi connectivity index (χ2v) is 3.30. The summed E-state index contributed by atoms with van der Waals surface area (Å²) in [7, 11) is 0. The summed E-state index contributed by atoms with van der Waals surface area (Å²) in [6.07, 6.45) is 4.63. The summed E-state index contributed by atoms with van der Waals surface area (Å²) in [6.45, 7) is 0. The fourth-order valence-corrected chi connectivity index (χ4v) is 1.47. The van der Waals surface area contributed by atoms with Gasteiger partial charge in [0.2, 0.25) is 5.91 Å². The van der Waals surface area contributed by atoms with Crippen LogP contribution in [0.4, 0.5) is 0 Å². The first kappa shape index (κ1) is 10.2. The molecule has 0 atom stereocenters. The van der Waals surface area contributed by atoms with E-state index in [-0.39, 0.29) is 0 Å². The Bertz CT molecular complexity index is 512. The molecule has 3 nitrogen and oxygen atoms in total. The molecule has 0 saturated carbocycles. The number of rotatable bonds is 3. The maximum atomic E-state index is 10.7. The summed E-state index contributed by atoms with van der Waals surface area (Å²) in [5.41, 5.74) is 6.89. The number of hydrogen-bond donors (Lipinski definition) is 1. The Morgan fingerprint density at radius 2 is 2.00 bits per heavy atom. The van der Waals surface area contributed by atoms with Crippen LogP contribution in [0.5, 0.6) is 0 Å². The molecule has 0 spiro atoms. The number of carbonyl (C=O) groups excluding carboxylic acids is 1. The predicted molar refractivity (Wildman–Crippen MR) is 62.4 cm³/mol. The Morgan fingerprint density at radius 3 is 2.69 bits per heavy atom. The van der Waals surface area contributed by atoms with Crippen LogP contribution < -0.4 is 5.73 Å². The van der Waals surface area contributed by atoms with E-state index in [0.717, 1.165) is 16.9 Å². The molecule has 0 fully saturated rings. The molecule has 0 saturated heterocycles. The Balaban J connectivity index is 2.42. The quantitative estimate of drug-likeness (QED) is 0.796. The minimum absolute atomic E-state index is 0.464. The molecular weight excluding hydrogens is 202 g/mol. The number of primary amides is 1. The molecule has 1 heterocycles. The van der Waals surface area contributed by atoms with Gasteiger partial charge in [0.25, 0.3) is 0 Å². The van der Waals surface area contributed by atoms with Crippen LogP contribution in [-0.2, 0) is 4.79 Å². The normalized spacial score (nSPS) is 10.8. The molecular formula is C13H11NO2. The van der Waals surface area contributed by atoms with Gasteiger partial charge < -0.3 is 10.2 Å². The van der Waals surface area contributed by atoms with E-state index >= 15 is 0 Å². The number of hydrogen-bond acceptors (Lipinski definition) is 2. The smallest absolute Gasteiger partial charge is 0.241 e. The highest BCUT2D eigenvalue weighted by Gasteiger charge is 2.04. The maximum absolute atomic E-state index is 10.7. The average Bonchev–Trinajstić information content (AvgIpc) is 2.80. The molecule has 0 aliphatic carbocycles. The largest absolute Gasteiger partial charge is 0.464 e. The van der Waals surface area contributed by atoms with Gasteiger partial charge in [-0.05, 0) is 23.8 Å². The van der Waals surface area contributed by atoms with Crippen molar-refractivity contribution in [1.29, 1.82) is 0 Å². The molecule has 0 radical (unpaired) electrons. The molecule has 0 aliphatic rings. The first-order valence-electron chi connectivity index (χ1n) is 4.88. The molecule has 0 aliphatic heterocycles.